The molecule has 1 aromatic carbocycles. The van der Waals surface area contributed by atoms with Gasteiger partial charge >= 0.3 is 5.97 Å². The van der Waals surface area contributed by atoms with Crippen LogP contribution in [-0.4, -0.2) is 19.7 Å². The van der Waals surface area contributed by atoms with Crippen molar-refractivity contribution in [2.75, 3.05) is 13.7 Å². The molecule has 0 saturated heterocycles. The number of hydrogen-bond acceptors (Lipinski definition) is 3. The first kappa shape index (κ1) is 13.7. The zero-order chi connectivity index (χ0) is 13.0. The SMILES string of the molecule is C=C(C(=O)OCC)c1c(F)ccc(Br)c1OC. The van der Waals surface area contributed by atoms with Crippen LogP contribution in [0, 0.1) is 5.82 Å². The van der Waals surface area contributed by atoms with Gasteiger partial charge in [0, 0.05) is 0 Å². The summed E-state index contributed by atoms with van der Waals surface area (Å²) in [5.74, 6) is -1.02. The number of methoxy groups -OCH3 is 1. The fourth-order valence-corrected chi connectivity index (χ4v) is 1.83. The van der Waals surface area contributed by atoms with Crippen molar-refractivity contribution in [3.8, 4) is 5.75 Å². The topological polar surface area (TPSA) is 35.5 Å². The van der Waals surface area contributed by atoms with Gasteiger partial charge in [-0.2, -0.15) is 0 Å². The van der Waals surface area contributed by atoms with E-state index in [4.69, 9.17) is 9.47 Å². The second kappa shape index (κ2) is 5.82. The monoisotopic (exact) mass is 302 g/mol. The third kappa shape index (κ3) is 2.85. The van der Waals surface area contributed by atoms with Crippen molar-refractivity contribution >= 4 is 27.5 Å². The standard InChI is InChI=1S/C12H12BrFO3/c1-4-17-12(15)7(2)10-9(14)6-5-8(13)11(10)16-3/h5-6H,2,4H2,1,3H3. The molecule has 0 N–H and O–H groups in total. The van der Waals surface area contributed by atoms with Gasteiger partial charge in [-0.25, -0.2) is 9.18 Å². The molecule has 0 bridgehead atoms. The van der Waals surface area contributed by atoms with Crippen LogP contribution in [-0.2, 0) is 9.53 Å². The Hall–Kier alpha value is -1.36. The zero-order valence-electron chi connectivity index (χ0n) is 9.55. The van der Waals surface area contributed by atoms with Gasteiger partial charge in [-0.3, -0.25) is 0 Å². The minimum Gasteiger partial charge on any atom is -0.495 e. The van der Waals surface area contributed by atoms with E-state index in [0.717, 1.165) is 0 Å². The lowest BCUT2D eigenvalue weighted by Gasteiger charge is -2.12. The number of benzene rings is 1. The molecular formula is C12H12BrFO3. The molecule has 0 saturated carbocycles. The summed E-state index contributed by atoms with van der Waals surface area (Å²) in [6.07, 6.45) is 0. The highest BCUT2D eigenvalue weighted by Crippen LogP contribution is 2.35. The van der Waals surface area contributed by atoms with Gasteiger partial charge in [0.05, 0.1) is 29.3 Å². The average Bonchev–Trinajstić information content (AvgIpc) is 2.31. The predicted octanol–water partition coefficient (Wildman–Crippen LogP) is 3.17. The Morgan fingerprint density at radius 3 is 2.71 bits per heavy atom. The molecule has 92 valence electrons. The van der Waals surface area contributed by atoms with Crippen molar-refractivity contribution in [1.82, 2.24) is 0 Å². The average molecular weight is 303 g/mol. The molecule has 3 nitrogen and oxygen atoms in total. The summed E-state index contributed by atoms with van der Waals surface area (Å²) < 4.78 is 24.1. The molecule has 0 unspecified atom stereocenters. The molecule has 0 aliphatic rings. The number of carbonyl (C=O) groups excluding carboxylic acids is 1. The Balaban J connectivity index is 3.25. The summed E-state index contributed by atoms with van der Waals surface area (Å²) in [6, 6.07) is 2.72. The number of rotatable bonds is 4. The fourth-order valence-electron chi connectivity index (χ4n) is 1.33. The van der Waals surface area contributed by atoms with E-state index >= 15 is 0 Å². The summed E-state index contributed by atoms with van der Waals surface area (Å²) in [4.78, 5) is 11.5. The van der Waals surface area contributed by atoms with E-state index in [1.807, 2.05) is 0 Å². The van der Waals surface area contributed by atoms with E-state index in [0.29, 0.717) is 4.47 Å². The number of carbonyl (C=O) groups is 1. The van der Waals surface area contributed by atoms with Gasteiger partial charge in [-0.15, -0.1) is 0 Å². The smallest absolute Gasteiger partial charge is 0.338 e. The molecule has 0 amide bonds. The largest absolute Gasteiger partial charge is 0.495 e. The molecule has 0 radical (unpaired) electrons. The normalized spacial score (nSPS) is 9.88. The van der Waals surface area contributed by atoms with Crippen LogP contribution in [0.4, 0.5) is 4.39 Å². The van der Waals surface area contributed by atoms with Crippen molar-refractivity contribution < 1.29 is 18.7 Å². The second-order valence-corrected chi connectivity index (χ2v) is 3.99. The van der Waals surface area contributed by atoms with Crippen molar-refractivity contribution in [2.24, 2.45) is 0 Å². The number of esters is 1. The Labute approximate surface area is 107 Å². The molecule has 0 aliphatic heterocycles. The van der Waals surface area contributed by atoms with Crippen LogP contribution in [0.1, 0.15) is 12.5 Å². The van der Waals surface area contributed by atoms with E-state index < -0.39 is 11.8 Å². The minimum absolute atomic E-state index is 0.0142. The van der Waals surface area contributed by atoms with Crippen LogP contribution in [0.25, 0.3) is 5.57 Å². The maximum Gasteiger partial charge on any atom is 0.338 e. The molecular weight excluding hydrogens is 291 g/mol. The number of halogens is 2. The quantitative estimate of drug-likeness (QED) is 0.633. The molecule has 0 spiro atoms. The van der Waals surface area contributed by atoms with Gasteiger partial charge in [0.15, 0.2) is 0 Å². The highest BCUT2D eigenvalue weighted by molar-refractivity contribution is 9.10. The van der Waals surface area contributed by atoms with Gasteiger partial charge in [-0.1, -0.05) is 6.58 Å². The van der Waals surface area contributed by atoms with Crippen molar-refractivity contribution in [3.05, 3.63) is 34.6 Å². The molecule has 0 aliphatic carbocycles. The summed E-state index contributed by atoms with van der Waals surface area (Å²) in [5, 5.41) is 0. The number of ether oxygens (including phenoxy) is 2. The van der Waals surface area contributed by atoms with Gasteiger partial charge in [0.25, 0.3) is 0 Å². The Morgan fingerprint density at radius 1 is 1.53 bits per heavy atom. The highest BCUT2D eigenvalue weighted by atomic mass is 79.9. The van der Waals surface area contributed by atoms with E-state index in [2.05, 4.69) is 22.5 Å². The summed E-state index contributed by atoms with van der Waals surface area (Å²) in [7, 11) is 1.39. The van der Waals surface area contributed by atoms with Crippen LogP contribution in [0.2, 0.25) is 0 Å². The lowest BCUT2D eigenvalue weighted by atomic mass is 10.1. The Bertz CT molecular complexity index is 457. The fraction of sp³-hybridized carbons (Fsp3) is 0.250. The molecule has 1 rings (SSSR count). The Kier molecular flexibility index (Phi) is 4.69. The second-order valence-electron chi connectivity index (χ2n) is 3.14. The van der Waals surface area contributed by atoms with Crippen LogP contribution in [0.15, 0.2) is 23.2 Å². The van der Waals surface area contributed by atoms with E-state index in [9.17, 15) is 9.18 Å². The van der Waals surface area contributed by atoms with Gasteiger partial charge in [0.1, 0.15) is 11.6 Å². The van der Waals surface area contributed by atoms with Crippen molar-refractivity contribution in [2.45, 2.75) is 6.92 Å². The maximum absolute atomic E-state index is 13.7. The van der Waals surface area contributed by atoms with E-state index in [-0.39, 0.29) is 23.5 Å². The summed E-state index contributed by atoms with van der Waals surface area (Å²) >= 11 is 3.21. The number of hydrogen-bond donors (Lipinski definition) is 0. The van der Waals surface area contributed by atoms with Crippen molar-refractivity contribution in [3.63, 3.8) is 0 Å². The van der Waals surface area contributed by atoms with Crippen LogP contribution >= 0.6 is 15.9 Å². The Morgan fingerprint density at radius 2 is 2.18 bits per heavy atom. The maximum atomic E-state index is 13.7. The van der Waals surface area contributed by atoms with Crippen LogP contribution in [0.5, 0.6) is 5.75 Å². The third-order valence-electron chi connectivity index (χ3n) is 2.09. The van der Waals surface area contributed by atoms with Gasteiger partial charge in [0.2, 0.25) is 0 Å². The van der Waals surface area contributed by atoms with Crippen LogP contribution < -0.4 is 4.74 Å². The molecule has 0 fully saturated rings. The lowest BCUT2D eigenvalue weighted by Crippen LogP contribution is -2.08. The molecule has 1 aromatic rings. The zero-order valence-corrected chi connectivity index (χ0v) is 11.1. The van der Waals surface area contributed by atoms with E-state index in [1.165, 1.54) is 19.2 Å². The molecule has 0 atom stereocenters. The third-order valence-corrected chi connectivity index (χ3v) is 2.71. The summed E-state index contributed by atoms with van der Waals surface area (Å²) in [5.41, 5.74) is -0.0529. The molecule has 5 heteroatoms. The minimum atomic E-state index is -0.664. The molecule has 17 heavy (non-hydrogen) atoms. The predicted molar refractivity (Wildman–Crippen MR) is 66.3 cm³/mol. The van der Waals surface area contributed by atoms with Crippen LogP contribution in [0.3, 0.4) is 0 Å². The van der Waals surface area contributed by atoms with Crippen molar-refractivity contribution in [1.29, 1.82) is 0 Å². The van der Waals surface area contributed by atoms with E-state index in [1.54, 1.807) is 6.92 Å². The highest BCUT2D eigenvalue weighted by Gasteiger charge is 2.21. The molecule has 0 aromatic heterocycles. The molecule has 0 heterocycles. The first-order valence-electron chi connectivity index (χ1n) is 4.91. The van der Waals surface area contributed by atoms with Gasteiger partial charge < -0.3 is 9.47 Å². The lowest BCUT2D eigenvalue weighted by molar-refractivity contribution is -0.136. The first-order valence-corrected chi connectivity index (χ1v) is 5.70. The van der Waals surface area contributed by atoms with Gasteiger partial charge in [-0.05, 0) is 35.0 Å². The first-order chi connectivity index (χ1) is 8.02. The summed E-state index contributed by atoms with van der Waals surface area (Å²) in [6.45, 7) is 5.41.